The number of carboxylic acid groups (broad SMARTS) is 1. The zero-order valence-electron chi connectivity index (χ0n) is 28.5. The summed E-state index contributed by atoms with van der Waals surface area (Å²) >= 11 is 0. The van der Waals surface area contributed by atoms with Crippen LogP contribution in [0.25, 0.3) is 5.57 Å². The minimum atomic E-state index is -0.999. The topological polar surface area (TPSA) is 128 Å². The molecular formula is C37H50O11. The highest BCUT2D eigenvalue weighted by Crippen LogP contribution is 2.48. The Balaban J connectivity index is 1.15. The van der Waals surface area contributed by atoms with Crippen LogP contribution in [0.4, 0.5) is 0 Å². The monoisotopic (exact) mass is 670 g/mol. The second-order valence-corrected chi connectivity index (χ2v) is 12.1. The smallest absolute Gasteiger partial charge is 0.343 e. The maximum absolute atomic E-state index is 13.5. The maximum atomic E-state index is 13.5. The lowest BCUT2D eigenvalue weighted by Gasteiger charge is -2.37. The highest BCUT2D eigenvalue weighted by Gasteiger charge is 2.52. The van der Waals surface area contributed by atoms with Crippen LogP contribution < -0.4 is 0 Å². The summed E-state index contributed by atoms with van der Waals surface area (Å²) in [5.74, 6) is -0.672. The van der Waals surface area contributed by atoms with E-state index >= 15 is 0 Å². The highest BCUT2D eigenvalue weighted by atomic mass is 16.6. The van der Waals surface area contributed by atoms with Gasteiger partial charge < -0.3 is 43.0 Å². The fourth-order valence-electron chi connectivity index (χ4n) is 6.18. The van der Waals surface area contributed by atoms with Crippen molar-refractivity contribution in [2.75, 3.05) is 72.7 Å². The molecule has 48 heavy (non-hydrogen) atoms. The molecule has 2 aromatic carbocycles. The van der Waals surface area contributed by atoms with E-state index in [0.29, 0.717) is 90.2 Å². The molecule has 0 radical (unpaired) electrons. The van der Waals surface area contributed by atoms with Crippen LogP contribution in [0.2, 0.25) is 0 Å². The number of ether oxygens (including phenoxy) is 8. The molecule has 1 N–H and O–H groups in total. The minimum Gasteiger partial charge on any atom is -0.488 e. The molecule has 1 heterocycles. The third kappa shape index (κ3) is 11.4. The molecule has 2 aromatic rings. The molecule has 0 bridgehead atoms. The first-order valence-corrected chi connectivity index (χ1v) is 16.7. The van der Waals surface area contributed by atoms with Crippen molar-refractivity contribution in [3.63, 3.8) is 0 Å². The van der Waals surface area contributed by atoms with Crippen LogP contribution in [0.3, 0.4) is 0 Å². The van der Waals surface area contributed by atoms with Crippen LogP contribution in [0.15, 0.2) is 48.2 Å². The van der Waals surface area contributed by atoms with E-state index in [1.165, 1.54) is 0 Å². The number of rotatable bonds is 22. The van der Waals surface area contributed by atoms with Crippen molar-refractivity contribution < 1.29 is 52.6 Å². The average molecular weight is 671 g/mol. The molecule has 11 nitrogen and oxygen atoms in total. The zero-order valence-corrected chi connectivity index (χ0v) is 28.5. The van der Waals surface area contributed by atoms with Gasteiger partial charge in [0.2, 0.25) is 0 Å². The van der Waals surface area contributed by atoms with Crippen molar-refractivity contribution in [3.8, 4) is 0 Å². The molecule has 1 aliphatic carbocycles. The Bertz CT molecular complexity index is 1310. The van der Waals surface area contributed by atoms with Crippen LogP contribution >= 0.6 is 0 Å². The summed E-state index contributed by atoms with van der Waals surface area (Å²) in [5.41, 5.74) is 4.92. The molecule has 1 aliphatic heterocycles. The van der Waals surface area contributed by atoms with E-state index in [2.05, 4.69) is 19.1 Å². The normalized spacial score (nSPS) is 19.2. The van der Waals surface area contributed by atoms with Gasteiger partial charge in [-0.25, -0.2) is 9.59 Å². The summed E-state index contributed by atoms with van der Waals surface area (Å²) in [7, 11) is 0. The Morgan fingerprint density at radius 1 is 0.792 bits per heavy atom. The van der Waals surface area contributed by atoms with Crippen molar-refractivity contribution in [3.05, 3.63) is 76.0 Å². The summed E-state index contributed by atoms with van der Waals surface area (Å²) in [6.07, 6.45) is 2.81. The van der Waals surface area contributed by atoms with Crippen LogP contribution in [0, 0.1) is 20.8 Å². The minimum absolute atomic E-state index is 0.0508. The van der Waals surface area contributed by atoms with Gasteiger partial charge in [-0.2, -0.15) is 0 Å². The van der Waals surface area contributed by atoms with Crippen LogP contribution in [-0.4, -0.2) is 101 Å². The van der Waals surface area contributed by atoms with Crippen molar-refractivity contribution in [2.45, 2.75) is 64.8 Å². The first-order chi connectivity index (χ1) is 23.3. The maximum Gasteiger partial charge on any atom is 0.343 e. The summed E-state index contributed by atoms with van der Waals surface area (Å²) in [4.78, 5) is 23.9. The van der Waals surface area contributed by atoms with E-state index in [9.17, 15) is 9.59 Å². The quantitative estimate of drug-likeness (QED) is 0.135. The Morgan fingerprint density at radius 2 is 1.31 bits per heavy atom. The predicted octanol–water partition coefficient (Wildman–Crippen LogP) is 4.96. The van der Waals surface area contributed by atoms with E-state index in [1.807, 2.05) is 44.2 Å². The molecule has 2 aliphatic rings. The summed E-state index contributed by atoms with van der Waals surface area (Å²) in [6, 6.07) is 14.2. The zero-order chi connectivity index (χ0) is 34.2. The molecule has 0 aromatic heterocycles. The molecular weight excluding hydrogens is 620 g/mol. The predicted molar refractivity (Wildman–Crippen MR) is 178 cm³/mol. The number of hydrogen-bond donors (Lipinski definition) is 1. The Kier molecular flexibility index (Phi) is 15.3. The Labute approximate surface area is 283 Å². The number of aryl methyl sites for hydroxylation is 3. The lowest BCUT2D eigenvalue weighted by molar-refractivity contribution is -0.154. The molecule has 1 saturated carbocycles. The van der Waals surface area contributed by atoms with E-state index in [1.54, 1.807) is 0 Å². The van der Waals surface area contributed by atoms with Crippen molar-refractivity contribution >= 4 is 17.5 Å². The average Bonchev–Trinajstić information content (AvgIpc) is 3.31. The number of esters is 1. The summed E-state index contributed by atoms with van der Waals surface area (Å²) in [6.45, 7) is 10.3. The van der Waals surface area contributed by atoms with Gasteiger partial charge in [0.15, 0.2) is 11.4 Å². The van der Waals surface area contributed by atoms with Crippen molar-refractivity contribution in [1.29, 1.82) is 0 Å². The standard InChI is InChI=1S/C37H50O11/c1-27-23-28(2)33(29(3)24-27)34-35(47-25-30-7-5-4-6-8-30)37(48-36(34)40)11-9-31(10-12-37)46-22-21-44-18-17-42-14-13-41-15-16-43-19-20-45-26-32(38)39/h4-8,23-24,31H,9-22,25-26H2,1-3H3,(H,38,39). The number of hydrogen-bond acceptors (Lipinski definition) is 10. The van der Waals surface area contributed by atoms with Crippen LogP contribution in [0.5, 0.6) is 0 Å². The first-order valence-electron chi connectivity index (χ1n) is 16.7. The number of carboxylic acids is 1. The third-order valence-corrected chi connectivity index (χ3v) is 8.32. The van der Waals surface area contributed by atoms with Crippen molar-refractivity contribution in [2.24, 2.45) is 0 Å². The number of carbonyl (C=O) groups excluding carboxylic acids is 1. The van der Waals surface area contributed by atoms with E-state index in [4.69, 9.17) is 43.0 Å². The van der Waals surface area contributed by atoms with E-state index < -0.39 is 11.6 Å². The van der Waals surface area contributed by atoms with Crippen LogP contribution in [-0.2, 0) is 54.1 Å². The molecule has 264 valence electrons. The molecule has 0 saturated heterocycles. The van der Waals surface area contributed by atoms with E-state index in [-0.39, 0.29) is 25.3 Å². The second kappa shape index (κ2) is 19.6. The molecule has 1 fully saturated rings. The second-order valence-electron chi connectivity index (χ2n) is 12.1. The third-order valence-electron chi connectivity index (χ3n) is 8.32. The van der Waals surface area contributed by atoms with Gasteiger partial charge in [0.1, 0.15) is 18.8 Å². The van der Waals surface area contributed by atoms with Gasteiger partial charge in [0.25, 0.3) is 0 Å². The Hall–Kier alpha value is -3.32. The van der Waals surface area contributed by atoms with Gasteiger partial charge in [-0.15, -0.1) is 0 Å². The molecule has 0 atom stereocenters. The molecule has 4 rings (SSSR count). The van der Waals surface area contributed by atoms with E-state index in [0.717, 1.165) is 40.7 Å². The van der Waals surface area contributed by atoms with Gasteiger partial charge in [-0.1, -0.05) is 48.0 Å². The number of carbonyl (C=O) groups is 2. The molecule has 0 amide bonds. The molecule has 1 spiro atoms. The fraction of sp³-hybridized carbons (Fsp3) is 0.568. The Morgan fingerprint density at radius 3 is 1.85 bits per heavy atom. The summed E-state index contributed by atoms with van der Waals surface area (Å²) < 4.78 is 45.7. The van der Waals surface area contributed by atoms with Gasteiger partial charge in [0, 0.05) is 0 Å². The van der Waals surface area contributed by atoms with Gasteiger partial charge >= 0.3 is 11.9 Å². The largest absolute Gasteiger partial charge is 0.488 e. The number of aliphatic carboxylic acids is 1. The van der Waals surface area contributed by atoms with Crippen molar-refractivity contribution in [1.82, 2.24) is 0 Å². The van der Waals surface area contributed by atoms with Gasteiger partial charge in [-0.05, 0) is 68.7 Å². The van der Waals surface area contributed by atoms with Gasteiger partial charge in [0.05, 0.1) is 72.2 Å². The first kappa shape index (κ1) is 37.5. The molecule has 0 unspecified atom stereocenters. The number of benzene rings is 2. The summed E-state index contributed by atoms with van der Waals surface area (Å²) in [5, 5.41) is 8.48. The lowest BCUT2D eigenvalue weighted by Crippen LogP contribution is -2.40. The SMILES string of the molecule is Cc1cc(C)c(C2=C(OCc3ccccc3)C3(CCC(OCCOCCOCCOCCOCCOCC(=O)O)CC3)OC2=O)c(C)c1. The highest BCUT2D eigenvalue weighted by molar-refractivity contribution is 6.20. The fourth-order valence-corrected chi connectivity index (χ4v) is 6.18. The molecule has 11 heteroatoms. The van der Waals surface area contributed by atoms with Gasteiger partial charge in [-0.3, -0.25) is 0 Å². The lowest BCUT2D eigenvalue weighted by atomic mass is 9.80. The van der Waals surface area contributed by atoms with Crippen LogP contribution in [0.1, 0.15) is 53.5 Å².